The molecule has 98 valence electrons. The van der Waals surface area contributed by atoms with Crippen molar-refractivity contribution in [2.45, 2.75) is 6.92 Å². The maximum atomic E-state index is 13.0. The molecule has 0 fully saturated rings. The second-order valence-electron chi connectivity index (χ2n) is 3.79. The van der Waals surface area contributed by atoms with E-state index in [1.807, 2.05) is 0 Å². The van der Waals surface area contributed by atoms with Gasteiger partial charge in [0.15, 0.2) is 0 Å². The van der Waals surface area contributed by atoms with Crippen LogP contribution in [-0.2, 0) is 0 Å². The highest BCUT2D eigenvalue weighted by Crippen LogP contribution is 2.22. The maximum Gasteiger partial charge on any atom is 0.337 e. The molecule has 1 heterocycles. The van der Waals surface area contributed by atoms with Crippen molar-refractivity contribution in [3.8, 4) is 11.6 Å². The van der Waals surface area contributed by atoms with Gasteiger partial charge < -0.3 is 9.84 Å². The lowest BCUT2D eigenvalue weighted by molar-refractivity contribution is 0.0695. The summed E-state index contributed by atoms with van der Waals surface area (Å²) >= 11 is 0. The molecule has 19 heavy (non-hydrogen) atoms. The van der Waals surface area contributed by atoms with Crippen molar-refractivity contribution in [3.63, 3.8) is 0 Å². The summed E-state index contributed by atoms with van der Waals surface area (Å²) in [5, 5.41) is 8.84. The van der Waals surface area contributed by atoms with E-state index in [9.17, 15) is 13.6 Å². The summed E-state index contributed by atoms with van der Waals surface area (Å²) in [7, 11) is 0. The van der Waals surface area contributed by atoms with Crippen molar-refractivity contribution in [2.24, 2.45) is 0 Å². The molecule has 6 heteroatoms. The molecule has 0 bridgehead atoms. The molecule has 0 saturated heterocycles. The van der Waals surface area contributed by atoms with Crippen LogP contribution in [0.3, 0.4) is 0 Å². The minimum atomic E-state index is -1.10. The molecule has 0 aliphatic heterocycles. The molecular weight excluding hydrogens is 256 g/mol. The Labute approximate surface area is 107 Å². The number of carboxylic acids is 1. The molecule has 0 radical (unpaired) electrons. The molecule has 0 atom stereocenters. The topological polar surface area (TPSA) is 59.4 Å². The third kappa shape index (κ3) is 3.04. The molecule has 0 aliphatic carbocycles. The van der Waals surface area contributed by atoms with Crippen LogP contribution < -0.4 is 4.74 Å². The molecule has 1 aromatic carbocycles. The first kappa shape index (κ1) is 12.9. The Morgan fingerprint density at radius 3 is 2.37 bits per heavy atom. The molecule has 1 aromatic heterocycles. The zero-order valence-electron chi connectivity index (χ0n) is 9.85. The first-order valence-electron chi connectivity index (χ1n) is 5.30. The van der Waals surface area contributed by atoms with Crippen molar-refractivity contribution >= 4 is 5.97 Å². The van der Waals surface area contributed by atoms with Gasteiger partial charge in [-0.05, 0) is 13.0 Å². The minimum Gasteiger partial charge on any atom is -0.478 e. The van der Waals surface area contributed by atoms with Crippen LogP contribution in [0.2, 0.25) is 0 Å². The number of carboxylic acid groups (broad SMARTS) is 1. The summed E-state index contributed by atoms with van der Waals surface area (Å²) in [4.78, 5) is 14.7. The zero-order chi connectivity index (χ0) is 14.0. The zero-order valence-corrected chi connectivity index (χ0v) is 9.85. The van der Waals surface area contributed by atoms with Crippen molar-refractivity contribution in [1.29, 1.82) is 0 Å². The van der Waals surface area contributed by atoms with Crippen LogP contribution in [0.4, 0.5) is 8.78 Å². The summed E-state index contributed by atoms with van der Waals surface area (Å²) in [6.45, 7) is 1.50. The number of aromatic nitrogens is 1. The number of hydrogen-bond donors (Lipinski definition) is 1. The summed E-state index contributed by atoms with van der Waals surface area (Å²) in [6, 6.07) is 5.37. The van der Waals surface area contributed by atoms with Crippen molar-refractivity contribution in [3.05, 3.63) is 53.2 Å². The van der Waals surface area contributed by atoms with Gasteiger partial charge in [0.25, 0.3) is 0 Å². The lowest BCUT2D eigenvalue weighted by atomic mass is 10.2. The molecule has 4 nitrogen and oxygen atoms in total. The first-order chi connectivity index (χ1) is 8.95. The Morgan fingerprint density at radius 2 is 1.84 bits per heavy atom. The Balaban J connectivity index is 2.28. The number of halogens is 2. The Hall–Kier alpha value is -2.50. The molecule has 0 unspecified atom stereocenters. The molecular formula is C13H9F2NO3. The van der Waals surface area contributed by atoms with E-state index < -0.39 is 17.6 Å². The van der Waals surface area contributed by atoms with Crippen LogP contribution in [0.5, 0.6) is 11.6 Å². The normalized spacial score (nSPS) is 10.3. The average molecular weight is 265 g/mol. The van der Waals surface area contributed by atoms with Crippen LogP contribution in [0.15, 0.2) is 30.3 Å². The summed E-state index contributed by atoms with van der Waals surface area (Å²) in [6.07, 6.45) is 0. The van der Waals surface area contributed by atoms with Gasteiger partial charge in [-0.1, -0.05) is 0 Å². The number of rotatable bonds is 3. The van der Waals surface area contributed by atoms with Gasteiger partial charge in [0.1, 0.15) is 17.4 Å². The predicted octanol–water partition coefficient (Wildman–Crippen LogP) is 3.16. The van der Waals surface area contributed by atoms with E-state index in [2.05, 4.69) is 4.98 Å². The number of carbonyl (C=O) groups is 1. The molecule has 0 saturated carbocycles. The van der Waals surface area contributed by atoms with E-state index in [0.717, 1.165) is 18.2 Å². The number of ether oxygens (including phenoxy) is 1. The maximum absolute atomic E-state index is 13.0. The third-order valence-electron chi connectivity index (χ3n) is 2.35. The highest BCUT2D eigenvalue weighted by atomic mass is 19.1. The number of hydrogen-bond acceptors (Lipinski definition) is 3. The van der Waals surface area contributed by atoms with Crippen molar-refractivity contribution in [1.82, 2.24) is 4.98 Å². The monoisotopic (exact) mass is 265 g/mol. The molecule has 2 aromatic rings. The lowest BCUT2D eigenvalue weighted by Gasteiger charge is -2.07. The van der Waals surface area contributed by atoms with Gasteiger partial charge in [0.2, 0.25) is 5.88 Å². The number of nitrogens with zero attached hydrogens (tertiary/aromatic N) is 1. The second kappa shape index (κ2) is 5.01. The third-order valence-corrected chi connectivity index (χ3v) is 2.35. The standard InChI is InChI=1S/C13H9F2NO3/c1-7-11(13(17)18)2-3-12(16-7)19-10-5-8(14)4-9(15)6-10/h2-6H,1H3,(H,17,18). The summed E-state index contributed by atoms with van der Waals surface area (Å²) in [5.41, 5.74) is 0.291. The second-order valence-corrected chi connectivity index (χ2v) is 3.79. The quantitative estimate of drug-likeness (QED) is 0.926. The van der Waals surface area contributed by atoms with Crippen LogP contribution in [0.1, 0.15) is 16.1 Å². The fourth-order valence-electron chi connectivity index (χ4n) is 1.53. The molecule has 2 rings (SSSR count). The average Bonchev–Trinajstić information content (AvgIpc) is 2.26. The first-order valence-corrected chi connectivity index (χ1v) is 5.30. The molecule has 0 spiro atoms. The van der Waals surface area contributed by atoms with Crippen LogP contribution in [0.25, 0.3) is 0 Å². The largest absolute Gasteiger partial charge is 0.478 e. The van der Waals surface area contributed by atoms with Crippen molar-refractivity contribution < 1.29 is 23.4 Å². The van der Waals surface area contributed by atoms with E-state index in [4.69, 9.17) is 9.84 Å². The fourth-order valence-corrected chi connectivity index (χ4v) is 1.53. The Kier molecular flexibility index (Phi) is 3.41. The van der Waals surface area contributed by atoms with Gasteiger partial charge in [0, 0.05) is 24.3 Å². The molecule has 0 amide bonds. The number of benzene rings is 1. The highest BCUT2D eigenvalue weighted by Gasteiger charge is 2.10. The van der Waals surface area contributed by atoms with Gasteiger partial charge in [-0.15, -0.1) is 0 Å². The minimum absolute atomic E-state index is 0.0396. The Morgan fingerprint density at radius 1 is 1.21 bits per heavy atom. The van der Waals surface area contributed by atoms with Gasteiger partial charge in [0.05, 0.1) is 11.3 Å². The van der Waals surface area contributed by atoms with Crippen LogP contribution >= 0.6 is 0 Å². The van der Waals surface area contributed by atoms with Gasteiger partial charge in [-0.25, -0.2) is 18.6 Å². The molecule has 0 aliphatic rings. The van der Waals surface area contributed by atoms with Crippen LogP contribution in [0, 0.1) is 18.6 Å². The number of aryl methyl sites for hydroxylation is 1. The number of aromatic carboxylic acids is 1. The summed E-state index contributed by atoms with van der Waals surface area (Å²) < 4.78 is 31.1. The van der Waals surface area contributed by atoms with E-state index in [0.29, 0.717) is 0 Å². The number of pyridine rings is 1. The SMILES string of the molecule is Cc1nc(Oc2cc(F)cc(F)c2)ccc1C(=O)O. The van der Waals surface area contributed by atoms with E-state index in [1.165, 1.54) is 19.1 Å². The lowest BCUT2D eigenvalue weighted by Crippen LogP contribution is -2.02. The van der Waals surface area contributed by atoms with Crippen molar-refractivity contribution in [2.75, 3.05) is 0 Å². The Bertz CT molecular complexity index is 624. The predicted molar refractivity (Wildman–Crippen MR) is 62.4 cm³/mol. The molecule has 1 N–H and O–H groups in total. The van der Waals surface area contributed by atoms with E-state index in [1.54, 1.807) is 0 Å². The van der Waals surface area contributed by atoms with Gasteiger partial charge >= 0.3 is 5.97 Å². The fraction of sp³-hybridized carbons (Fsp3) is 0.0769. The van der Waals surface area contributed by atoms with Gasteiger partial charge in [-0.2, -0.15) is 0 Å². The van der Waals surface area contributed by atoms with Crippen LogP contribution in [-0.4, -0.2) is 16.1 Å². The van der Waals surface area contributed by atoms with E-state index in [-0.39, 0.29) is 22.9 Å². The van der Waals surface area contributed by atoms with Gasteiger partial charge in [-0.3, -0.25) is 0 Å². The van der Waals surface area contributed by atoms with E-state index >= 15 is 0 Å². The smallest absolute Gasteiger partial charge is 0.337 e. The summed E-state index contributed by atoms with van der Waals surface area (Å²) in [5.74, 6) is -2.63. The highest BCUT2D eigenvalue weighted by molar-refractivity contribution is 5.88.